The van der Waals surface area contributed by atoms with Crippen molar-refractivity contribution in [3.05, 3.63) is 28.2 Å². The first-order valence-electron chi connectivity index (χ1n) is 6.62. The second-order valence-corrected chi connectivity index (χ2v) is 5.79. The van der Waals surface area contributed by atoms with Crippen molar-refractivity contribution in [3.8, 4) is 5.75 Å². The summed E-state index contributed by atoms with van der Waals surface area (Å²) in [6.07, 6.45) is 3.42. The van der Waals surface area contributed by atoms with Crippen molar-refractivity contribution in [3.63, 3.8) is 0 Å². The lowest BCUT2D eigenvalue weighted by Crippen LogP contribution is -2.32. The fourth-order valence-electron chi connectivity index (χ4n) is 1.80. The topological polar surface area (TPSA) is 41.5 Å². The average Bonchev–Trinajstić information content (AvgIpc) is 3.20. The van der Waals surface area contributed by atoms with Gasteiger partial charge >= 0.3 is 0 Å². The van der Waals surface area contributed by atoms with Gasteiger partial charge in [-0.25, -0.2) is 0 Å². The second kappa shape index (κ2) is 7.34. The van der Waals surface area contributed by atoms with E-state index in [1.165, 1.54) is 19.3 Å². The van der Waals surface area contributed by atoms with Crippen LogP contribution in [-0.2, 0) is 0 Å². The number of benzene rings is 1. The summed E-state index contributed by atoms with van der Waals surface area (Å²) in [5.74, 6) is 1.53. The monoisotopic (exact) mass is 303 g/mol. The number of hydrogen-bond donors (Lipinski definition) is 2. The molecule has 0 aromatic heterocycles. The molecule has 0 bridgehead atoms. The first kappa shape index (κ1) is 14.9. The van der Waals surface area contributed by atoms with Crippen molar-refractivity contribution in [2.24, 2.45) is 5.92 Å². The largest absolute Gasteiger partial charge is 0.491 e. The maximum Gasteiger partial charge on any atom is 0.121 e. The van der Waals surface area contributed by atoms with Gasteiger partial charge in [0, 0.05) is 12.6 Å². The lowest BCUT2D eigenvalue weighted by Gasteiger charge is -2.13. The van der Waals surface area contributed by atoms with Crippen LogP contribution >= 0.6 is 23.2 Å². The van der Waals surface area contributed by atoms with Crippen molar-refractivity contribution in [2.45, 2.75) is 25.4 Å². The van der Waals surface area contributed by atoms with Gasteiger partial charge in [-0.05, 0) is 31.0 Å². The lowest BCUT2D eigenvalue weighted by atomic mass is 10.3. The molecule has 1 fully saturated rings. The van der Waals surface area contributed by atoms with Crippen molar-refractivity contribution >= 4 is 23.2 Å². The highest BCUT2D eigenvalue weighted by atomic mass is 35.5. The Kier molecular flexibility index (Phi) is 5.76. The standard InChI is InChI=1S/C14H19Cl2NO2/c15-13-4-3-12(7-14(13)16)19-9-11(18)8-17-6-5-10-1-2-10/h3-4,7,10-11,17-18H,1-2,5-6,8-9H2. The van der Waals surface area contributed by atoms with Gasteiger partial charge < -0.3 is 15.2 Å². The predicted octanol–water partition coefficient (Wildman–Crippen LogP) is 3.12. The number of hydrogen-bond acceptors (Lipinski definition) is 3. The van der Waals surface area contributed by atoms with Gasteiger partial charge in [0.1, 0.15) is 18.5 Å². The fraction of sp³-hybridized carbons (Fsp3) is 0.571. The zero-order chi connectivity index (χ0) is 13.7. The first-order chi connectivity index (χ1) is 9.15. The molecule has 0 aliphatic heterocycles. The summed E-state index contributed by atoms with van der Waals surface area (Å²) in [7, 11) is 0. The normalized spacial score (nSPS) is 16.4. The van der Waals surface area contributed by atoms with E-state index < -0.39 is 6.10 Å². The molecule has 1 unspecified atom stereocenters. The van der Waals surface area contributed by atoms with Crippen molar-refractivity contribution in [2.75, 3.05) is 19.7 Å². The third-order valence-electron chi connectivity index (χ3n) is 3.14. The van der Waals surface area contributed by atoms with Gasteiger partial charge in [-0.15, -0.1) is 0 Å². The van der Waals surface area contributed by atoms with Gasteiger partial charge in [0.25, 0.3) is 0 Å². The Morgan fingerprint density at radius 1 is 1.32 bits per heavy atom. The van der Waals surface area contributed by atoms with Gasteiger partial charge in [0.15, 0.2) is 0 Å². The van der Waals surface area contributed by atoms with E-state index in [0.29, 0.717) is 22.3 Å². The first-order valence-corrected chi connectivity index (χ1v) is 7.37. The Hall–Kier alpha value is -0.480. The van der Waals surface area contributed by atoms with E-state index in [1.807, 2.05) is 0 Å². The van der Waals surface area contributed by atoms with E-state index in [1.54, 1.807) is 18.2 Å². The number of nitrogens with one attached hydrogen (secondary N) is 1. The van der Waals surface area contributed by atoms with Crippen molar-refractivity contribution in [1.82, 2.24) is 5.32 Å². The number of aliphatic hydroxyl groups excluding tert-OH is 1. The van der Waals surface area contributed by atoms with Crippen LogP contribution in [0.3, 0.4) is 0 Å². The molecule has 19 heavy (non-hydrogen) atoms. The smallest absolute Gasteiger partial charge is 0.121 e. The van der Waals surface area contributed by atoms with Crippen LogP contribution in [0.15, 0.2) is 18.2 Å². The summed E-state index contributed by atoms with van der Waals surface area (Å²) in [5, 5.41) is 14.0. The van der Waals surface area contributed by atoms with Crippen LogP contribution in [0, 0.1) is 5.92 Å². The highest BCUT2D eigenvalue weighted by Crippen LogP contribution is 2.31. The Morgan fingerprint density at radius 3 is 2.79 bits per heavy atom. The molecule has 1 atom stereocenters. The Labute approximate surface area is 123 Å². The van der Waals surface area contributed by atoms with Crippen LogP contribution < -0.4 is 10.1 Å². The molecule has 0 amide bonds. The van der Waals surface area contributed by atoms with E-state index in [9.17, 15) is 5.11 Å². The summed E-state index contributed by atoms with van der Waals surface area (Å²) >= 11 is 11.7. The van der Waals surface area contributed by atoms with Gasteiger partial charge in [0.2, 0.25) is 0 Å². The second-order valence-electron chi connectivity index (χ2n) is 4.98. The summed E-state index contributed by atoms with van der Waals surface area (Å²) in [6, 6.07) is 5.07. The van der Waals surface area contributed by atoms with Gasteiger partial charge in [-0.1, -0.05) is 36.0 Å². The molecule has 1 aromatic carbocycles. The number of aliphatic hydroxyl groups is 1. The molecule has 106 valence electrons. The number of halogens is 2. The van der Waals surface area contributed by atoms with Crippen molar-refractivity contribution in [1.29, 1.82) is 0 Å². The average molecular weight is 304 g/mol. The molecule has 5 heteroatoms. The number of rotatable bonds is 8. The van der Waals surface area contributed by atoms with Gasteiger partial charge in [0.05, 0.1) is 10.0 Å². The molecule has 2 N–H and O–H groups in total. The van der Waals surface area contributed by atoms with E-state index in [0.717, 1.165) is 12.5 Å². The maximum absolute atomic E-state index is 9.77. The molecule has 1 aliphatic carbocycles. The molecule has 0 heterocycles. The molecule has 3 nitrogen and oxygen atoms in total. The molecular formula is C14H19Cl2NO2. The van der Waals surface area contributed by atoms with Crippen molar-refractivity contribution < 1.29 is 9.84 Å². The van der Waals surface area contributed by atoms with Crippen LogP contribution in [0.4, 0.5) is 0 Å². The minimum absolute atomic E-state index is 0.244. The van der Waals surface area contributed by atoms with Gasteiger partial charge in [-0.3, -0.25) is 0 Å². The summed E-state index contributed by atoms with van der Waals surface area (Å²) in [6.45, 7) is 1.76. The molecular weight excluding hydrogens is 285 g/mol. The van der Waals surface area contributed by atoms with Crippen LogP contribution in [0.2, 0.25) is 10.0 Å². The van der Waals surface area contributed by atoms with Gasteiger partial charge in [-0.2, -0.15) is 0 Å². The Balaban J connectivity index is 1.61. The molecule has 0 spiro atoms. The third-order valence-corrected chi connectivity index (χ3v) is 3.88. The van der Waals surface area contributed by atoms with E-state index in [-0.39, 0.29) is 6.61 Å². The highest BCUT2D eigenvalue weighted by molar-refractivity contribution is 6.42. The Bertz CT molecular complexity index is 410. The lowest BCUT2D eigenvalue weighted by molar-refractivity contribution is 0.106. The fourth-order valence-corrected chi connectivity index (χ4v) is 2.09. The molecule has 0 saturated heterocycles. The molecule has 0 radical (unpaired) electrons. The summed E-state index contributed by atoms with van der Waals surface area (Å²) < 4.78 is 5.46. The zero-order valence-electron chi connectivity index (χ0n) is 10.7. The van der Waals surface area contributed by atoms with Crippen LogP contribution in [0.5, 0.6) is 5.75 Å². The molecule has 1 saturated carbocycles. The maximum atomic E-state index is 9.77. The summed E-state index contributed by atoms with van der Waals surface area (Å²) in [5.41, 5.74) is 0. The summed E-state index contributed by atoms with van der Waals surface area (Å²) in [4.78, 5) is 0. The third kappa shape index (κ3) is 5.57. The minimum atomic E-state index is -0.520. The van der Waals surface area contributed by atoms with Crippen LogP contribution in [0.1, 0.15) is 19.3 Å². The predicted molar refractivity (Wildman–Crippen MR) is 78.2 cm³/mol. The van der Waals surface area contributed by atoms with E-state index >= 15 is 0 Å². The zero-order valence-corrected chi connectivity index (χ0v) is 12.3. The van der Waals surface area contributed by atoms with E-state index in [4.69, 9.17) is 27.9 Å². The van der Waals surface area contributed by atoms with Crippen LogP contribution in [-0.4, -0.2) is 30.9 Å². The number of ether oxygens (including phenoxy) is 1. The quantitative estimate of drug-likeness (QED) is 0.725. The molecule has 1 aromatic rings. The minimum Gasteiger partial charge on any atom is -0.491 e. The molecule has 1 aliphatic rings. The SMILES string of the molecule is OC(CNCCC1CC1)COc1ccc(Cl)c(Cl)c1. The van der Waals surface area contributed by atoms with Crippen LogP contribution in [0.25, 0.3) is 0 Å². The molecule has 2 rings (SSSR count). The van der Waals surface area contributed by atoms with E-state index in [2.05, 4.69) is 5.32 Å². The Morgan fingerprint density at radius 2 is 2.11 bits per heavy atom. The highest BCUT2D eigenvalue weighted by Gasteiger charge is 2.20.